The van der Waals surface area contributed by atoms with Crippen molar-refractivity contribution in [2.75, 3.05) is 32.7 Å². The molecule has 0 unspecified atom stereocenters. The van der Waals surface area contributed by atoms with Crippen LogP contribution in [0, 0.1) is 17.6 Å². The first kappa shape index (κ1) is 15.9. The van der Waals surface area contributed by atoms with Gasteiger partial charge >= 0.3 is 0 Å². The number of hydrogen-bond donors (Lipinski definition) is 0. The molecule has 0 aliphatic carbocycles. The summed E-state index contributed by atoms with van der Waals surface area (Å²) in [6.45, 7) is 9.50. The molecule has 1 saturated heterocycles. The highest BCUT2D eigenvalue weighted by molar-refractivity contribution is 9.10. The van der Waals surface area contributed by atoms with Gasteiger partial charge in [0.25, 0.3) is 0 Å². The Bertz CT molecular complexity index is 457. The van der Waals surface area contributed by atoms with Crippen LogP contribution in [0.1, 0.15) is 19.4 Å². The zero-order valence-corrected chi connectivity index (χ0v) is 13.6. The van der Waals surface area contributed by atoms with Crippen LogP contribution in [0.15, 0.2) is 16.6 Å². The molecular weight excluding hydrogens is 326 g/mol. The van der Waals surface area contributed by atoms with Crippen LogP contribution in [0.4, 0.5) is 8.78 Å². The van der Waals surface area contributed by atoms with Crippen molar-refractivity contribution in [2.24, 2.45) is 5.92 Å². The SMILES string of the molecule is CC(C)CN1CCN(Cc2c(F)ccc(Br)c2F)CC1. The second kappa shape index (κ2) is 6.96. The Kier molecular flexibility index (Phi) is 5.52. The molecule has 0 atom stereocenters. The number of nitrogens with zero attached hydrogens (tertiary/aromatic N) is 2. The lowest BCUT2D eigenvalue weighted by Gasteiger charge is -2.35. The monoisotopic (exact) mass is 346 g/mol. The smallest absolute Gasteiger partial charge is 0.144 e. The van der Waals surface area contributed by atoms with Crippen LogP contribution >= 0.6 is 15.9 Å². The lowest BCUT2D eigenvalue weighted by atomic mass is 10.1. The molecule has 2 nitrogen and oxygen atoms in total. The Morgan fingerprint density at radius 1 is 1.10 bits per heavy atom. The number of rotatable bonds is 4. The average Bonchev–Trinajstić information content (AvgIpc) is 2.40. The molecule has 0 amide bonds. The Labute approximate surface area is 127 Å². The van der Waals surface area contributed by atoms with E-state index in [2.05, 4.69) is 39.6 Å². The number of piperazine rings is 1. The van der Waals surface area contributed by atoms with Gasteiger partial charge in [-0.2, -0.15) is 0 Å². The highest BCUT2D eigenvalue weighted by Crippen LogP contribution is 2.23. The van der Waals surface area contributed by atoms with Crippen LogP contribution in [-0.2, 0) is 6.54 Å². The summed E-state index contributed by atoms with van der Waals surface area (Å²) in [5.41, 5.74) is 0.164. The summed E-state index contributed by atoms with van der Waals surface area (Å²) >= 11 is 3.11. The molecule has 1 aromatic rings. The summed E-state index contributed by atoms with van der Waals surface area (Å²) < 4.78 is 28.0. The van der Waals surface area contributed by atoms with Gasteiger partial charge in [0, 0.05) is 44.8 Å². The first-order valence-corrected chi connectivity index (χ1v) is 7.83. The Hall–Kier alpha value is -0.520. The van der Waals surface area contributed by atoms with Gasteiger partial charge in [0.2, 0.25) is 0 Å². The van der Waals surface area contributed by atoms with E-state index in [9.17, 15) is 8.78 Å². The van der Waals surface area contributed by atoms with E-state index in [1.54, 1.807) is 0 Å². The van der Waals surface area contributed by atoms with E-state index in [0.717, 1.165) is 32.7 Å². The van der Waals surface area contributed by atoms with E-state index in [4.69, 9.17) is 0 Å². The topological polar surface area (TPSA) is 6.48 Å². The molecule has 1 aromatic carbocycles. The summed E-state index contributed by atoms with van der Waals surface area (Å²) in [6.07, 6.45) is 0. The van der Waals surface area contributed by atoms with Crippen molar-refractivity contribution in [3.05, 3.63) is 33.8 Å². The second-order valence-corrected chi connectivity index (χ2v) is 6.65. The zero-order chi connectivity index (χ0) is 14.7. The van der Waals surface area contributed by atoms with Gasteiger partial charge in [-0.15, -0.1) is 0 Å². The van der Waals surface area contributed by atoms with Gasteiger partial charge in [-0.25, -0.2) is 8.78 Å². The van der Waals surface area contributed by atoms with E-state index in [-0.39, 0.29) is 5.56 Å². The Morgan fingerprint density at radius 2 is 1.70 bits per heavy atom. The van der Waals surface area contributed by atoms with Gasteiger partial charge < -0.3 is 4.90 Å². The highest BCUT2D eigenvalue weighted by atomic mass is 79.9. The van der Waals surface area contributed by atoms with E-state index in [0.29, 0.717) is 16.9 Å². The summed E-state index contributed by atoms with van der Waals surface area (Å²) in [7, 11) is 0. The van der Waals surface area contributed by atoms with Crippen molar-refractivity contribution >= 4 is 15.9 Å². The molecule has 20 heavy (non-hydrogen) atoms. The largest absolute Gasteiger partial charge is 0.301 e. The molecule has 0 bridgehead atoms. The minimum Gasteiger partial charge on any atom is -0.301 e. The summed E-state index contributed by atoms with van der Waals surface area (Å²) in [5, 5.41) is 0. The van der Waals surface area contributed by atoms with Crippen LogP contribution in [0.25, 0.3) is 0 Å². The first-order valence-electron chi connectivity index (χ1n) is 7.04. The zero-order valence-electron chi connectivity index (χ0n) is 12.0. The van der Waals surface area contributed by atoms with Gasteiger partial charge in [-0.1, -0.05) is 13.8 Å². The maximum Gasteiger partial charge on any atom is 0.144 e. The molecule has 0 saturated carbocycles. The molecule has 0 radical (unpaired) electrons. The normalized spacial score (nSPS) is 17.9. The summed E-state index contributed by atoms with van der Waals surface area (Å²) in [5.74, 6) is -0.286. The quantitative estimate of drug-likeness (QED) is 0.770. The van der Waals surface area contributed by atoms with Gasteiger partial charge in [-0.05, 0) is 34.0 Å². The fourth-order valence-electron chi connectivity index (χ4n) is 2.58. The van der Waals surface area contributed by atoms with Crippen LogP contribution in [0.5, 0.6) is 0 Å². The summed E-state index contributed by atoms with van der Waals surface area (Å²) in [6, 6.07) is 2.73. The first-order chi connectivity index (χ1) is 9.47. The van der Waals surface area contributed by atoms with Gasteiger partial charge in [0.05, 0.1) is 4.47 Å². The predicted molar refractivity (Wildman–Crippen MR) is 80.6 cm³/mol. The van der Waals surface area contributed by atoms with Crippen LogP contribution in [0.3, 0.4) is 0 Å². The van der Waals surface area contributed by atoms with Crippen molar-refractivity contribution in [1.82, 2.24) is 9.80 Å². The van der Waals surface area contributed by atoms with E-state index in [1.165, 1.54) is 12.1 Å². The molecule has 1 aliphatic heterocycles. The molecule has 1 aliphatic rings. The van der Waals surface area contributed by atoms with Gasteiger partial charge in [0.1, 0.15) is 11.6 Å². The third-order valence-corrected chi connectivity index (χ3v) is 4.22. The van der Waals surface area contributed by atoms with Crippen LogP contribution < -0.4 is 0 Å². The molecular formula is C15H21BrF2N2. The van der Waals surface area contributed by atoms with Crippen LogP contribution in [0.2, 0.25) is 0 Å². The number of hydrogen-bond acceptors (Lipinski definition) is 2. The third kappa shape index (κ3) is 3.99. The van der Waals surface area contributed by atoms with Crippen LogP contribution in [-0.4, -0.2) is 42.5 Å². The Morgan fingerprint density at radius 3 is 2.30 bits per heavy atom. The molecule has 1 fully saturated rings. The standard InChI is InChI=1S/C15H21BrF2N2/c1-11(2)9-19-5-7-20(8-6-19)10-12-14(17)4-3-13(16)15(12)18/h3-4,11H,5-10H2,1-2H3. The average molecular weight is 347 g/mol. The molecule has 1 heterocycles. The minimum atomic E-state index is -0.477. The second-order valence-electron chi connectivity index (χ2n) is 5.79. The molecule has 0 N–H and O–H groups in total. The highest BCUT2D eigenvalue weighted by Gasteiger charge is 2.20. The Balaban J connectivity index is 1.95. The number of halogens is 3. The fourth-order valence-corrected chi connectivity index (χ4v) is 2.96. The van der Waals surface area contributed by atoms with Crippen molar-refractivity contribution in [3.63, 3.8) is 0 Å². The van der Waals surface area contributed by atoms with Gasteiger partial charge in [0.15, 0.2) is 0 Å². The minimum absolute atomic E-state index is 0.164. The van der Waals surface area contributed by atoms with E-state index >= 15 is 0 Å². The maximum atomic E-state index is 13.9. The third-order valence-electron chi connectivity index (χ3n) is 3.61. The van der Waals surface area contributed by atoms with E-state index < -0.39 is 11.6 Å². The molecule has 2 rings (SSSR count). The fraction of sp³-hybridized carbons (Fsp3) is 0.600. The molecule has 5 heteroatoms. The molecule has 0 aromatic heterocycles. The van der Waals surface area contributed by atoms with Crippen molar-refractivity contribution in [2.45, 2.75) is 20.4 Å². The maximum absolute atomic E-state index is 13.9. The summed E-state index contributed by atoms with van der Waals surface area (Å²) in [4.78, 5) is 4.53. The van der Waals surface area contributed by atoms with Crippen molar-refractivity contribution in [3.8, 4) is 0 Å². The lowest BCUT2D eigenvalue weighted by Crippen LogP contribution is -2.47. The van der Waals surface area contributed by atoms with Gasteiger partial charge in [-0.3, -0.25) is 4.90 Å². The lowest BCUT2D eigenvalue weighted by molar-refractivity contribution is 0.115. The van der Waals surface area contributed by atoms with Crippen molar-refractivity contribution in [1.29, 1.82) is 0 Å². The molecule has 112 valence electrons. The molecule has 0 spiro atoms. The predicted octanol–water partition coefficient (Wildman–Crippen LogP) is 3.50. The van der Waals surface area contributed by atoms with E-state index in [1.807, 2.05) is 0 Å². The number of benzene rings is 1. The van der Waals surface area contributed by atoms with Crippen molar-refractivity contribution < 1.29 is 8.78 Å².